The highest BCUT2D eigenvalue weighted by Gasteiger charge is 2.43. The molecule has 0 amide bonds. The largest absolute Gasteiger partial charge is 0.411 e. The molecule has 0 saturated carbocycles. The number of rotatable bonds is 2. The van der Waals surface area contributed by atoms with Gasteiger partial charge in [-0.25, -0.2) is 0 Å². The lowest BCUT2D eigenvalue weighted by atomic mass is 9.84. The van der Waals surface area contributed by atoms with E-state index in [-0.39, 0.29) is 0 Å². The second-order valence-corrected chi connectivity index (χ2v) is 9.81. The zero-order valence-electron chi connectivity index (χ0n) is 13.5. The molecule has 3 aromatic carbocycles. The molecular weight excluding hydrogens is 296 g/mol. The van der Waals surface area contributed by atoms with Gasteiger partial charge in [-0.3, -0.25) is 0 Å². The van der Waals surface area contributed by atoms with Crippen molar-refractivity contribution in [1.82, 2.24) is 0 Å². The van der Waals surface area contributed by atoms with Crippen molar-refractivity contribution < 1.29 is 4.43 Å². The van der Waals surface area contributed by atoms with Gasteiger partial charge in [0.05, 0.1) is 0 Å². The molecule has 1 aliphatic heterocycles. The minimum absolute atomic E-state index is 0.291. The lowest BCUT2D eigenvalue weighted by molar-refractivity contribution is 0.420. The van der Waals surface area contributed by atoms with Crippen molar-refractivity contribution in [1.29, 1.82) is 0 Å². The van der Waals surface area contributed by atoms with Gasteiger partial charge >= 0.3 is 0 Å². The number of benzene rings is 3. The Kier molecular flexibility index (Phi) is 3.44. The van der Waals surface area contributed by atoms with Crippen LogP contribution in [0.15, 0.2) is 78.9 Å². The van der Waals surface area contributed by atoms with Crippen molar-refractivity contribution in [2.24, 2.45) is 0 Å². The highest BCUT2D eigenvalue weighted by Crippen LogP contribution is 2.35. The van der Waals surface area contributed by atoms with Crippen molar-refractivity contribution in [3.63, 3.8) is 0 Å². The SMILES string of the molecule is CO[Si]1(C)c2ccccc2C(c2ccccc2)c2ccccc21. The van der Waals surface area contributed by atoms with E-state index >= 15 is 0 Å². The molecule has 0 unspecified atom stereocenters. The summed E-state index contributed by atoms with van der Waals surface area (Å²) in [4.78, 5) is 0. The molecule has 0 bridgehead atoms. The molecule has 0 spiro atoms. The van der Waals surface area contributed by atoms with E-state index in [0.717, 1.165) is 0 Å². The van der Waals surface area contributed by atoms with Crippen molar-refractivity contribution in [2.75, 3.05) is 7.11 Å². The predicted molar refractivity (Wildman–Crippen MR) is 98.2 cm³/mol. The first-order valence-corrected chi connectivity index (χ1v) is 10.5. The van der Waals surface area contributed by atoms with Crippen LogP contribution in [0.4, 0.5) is 0 Å². The zero-order chi connectivity index (χ0) is 15.9. The topological polar surface area (TPSA) is 9.23 Å². The van der Waals surface area contributed by atoms with E-state index in [1.165, 1.54) is 27.1 Å². The fourth-order valence-electron chi connectivity index (χ4n) is 3.90. The standard InChI is InChI=1S/C21H20OSi/c1-22-23(2)19-14-8-6-12-17(19)21(16-10-4-3-5-11-16)18-13-7-9-15-20(18)23/h3-15,21H,1-2H3. The molecular formula is C21H20OSi. The number of hydrogen-bond donors (Lipinski definition) is 0. The Morgan fingerprint density at radius 2 is 1.17 bits per heavy atom. The predicted octanol–water partition coefficient (Wildman–Crippen LogP) is 3.52. The van der Waals surface area contributed by atoms with Crippen LogP contribution in [0.25, 0.3) is 0 Å². The monoisotopic (exact) mass is 316 g/mol. The van der Waals surface area contributed by atoms with Crippen molar-refractivity contribution >= 4 is 18.7 Å². The third kappa shape index (κ3) is 2.10. The first kappa shape index (κ1) is 14.4. The molecule has 0 aliphatic carbocycles. The molecule has 0 fully saturated rings. The Balaban J connectivity index is 2.05. The third-order valence-corrected chi connectivity index (χ3v) is 8.90. The summed E-state index contributed by atoms with van der Waals surface area (Å²) < 4.78 is 6.15. The molecule has 1 nitrogen and oxygen atoms in total. The van der Waals surface area contributed by atoms with E-state index in [1.54, 1.807) is 0 Å². The molecule has 4 rings (SSSR count). The minimum Gasteiger partial charge on any atom is -0.411 e. The van der Waals surface area contributed by atoms with Gasteiger partial charge in [-0.1, -0.05) is 78.9 Å². The molecule has 3 aromatic rings. The van der Waals surface area contributed by atoms with Crippen LogP contribution in [0.2, 0.25) is 6.55 Å². The van der Waals surface area contributed by atoms with E-state index in [0.29, 0.717) is 5.92 Å². The molecule has 0 aromatic heterocycles. The average Bonchev–Trinajstić information content (AvgIpc) is 2.63. The van der Waals surface area contributed by atoms with Gasteiger partial charge in [0, 0.05) is 13.0 Å². The zero-order valence-corrected chi connectivity index (χ0v) is 14.5. The maximum absolute atomic E-state index is 6.15. The highest BCUT2D eigenvalue weighted by molar-refractivity contribution is 6.97. The summed E-state index contributed by atoms with van der Waals surface area (Å²) in [5.41, 5.74) is 4.14. The molecule has 0 N–H and O–H groups in total. The summed E-state index contributed by atoms with van der Waals surface area (Å²) >= 11 is 0. The molecule has 23 heavy (non-hydrogen) atoms. The average molecular weight is 316 g/mol. The van der Waals surface area contributed by atoms with Crippen LogP contribution in [-0.2, 0) is 4.43 Å². The summed E-state index contributed by atoms with van der Waals surface area (Å²) in [6, 6.07) is 28.4. The van der Waals surface area contributed by atoms with Gasteiger partial charge in [0.2, 0.25) is 0 Å². The molecule has 0 radical (unpaired) electrons. The minimum atomic E-state index is -2.13. The summed E-state index contributed by atoms with van der Waals surface area (Å²) in [5.74, 6) is 0.291. The van der Waals surface area contributed by atoms with Gasteiger partial charge in [0.15, 0.2) is 0 Å². The molecule has 114 valence electrons. The molecule has 2 heteroatoms. The first-order valence-electron chi connectivity index (χ1n) is 8.04. The Hall–Kier alpha value is -2.16. The summed E-state index contributed by atoms with van der Waals surface area (Å²) in [5, 5.41) is 2.80. The van der Waals surface area contributed by atoms with Crippen molar-refractivity contribution in [3.05, 3.63) is 95.6 Å². The van der Waals surface area contributed by atoms with Gasteiger partial charge in [0.25, 0.3) is 8.32 Å². The van der Waals surface area contributed by atoms with Crippen molar-refractivity contribution in [2.45, 2.75) is 12.5 Å². The Labute approximate surface area is 138 Å². The van der Waals surface area contributed by atoms with Crippen LogP contribution >= 0.6 is 0 Å². The van der Waals surface area contributed by atoms with Gasteiger partial charge in [-0.15, -0.1) is 0 Å². The Bertz CT molecular complexity index is 794. The normalized spacial score (nSPS) is 22.3. The van der Waals surface area contributed by atoms with Crippen LogP contribution < -0.4 is 10.4 Å². The first-order chi connectivity index (χ1) is 11.3. The quantitative estimate of drug-likeness (QED) is 0.657. The smallest absolute Gasteiger partial charge is 0.252 e. The lowest BCUT2D eigenvalue weighted by Crippen LogP contribution is -2.63. The third-order valence-electron chi connectivity index (χ3n) is 5.11. The highest BCUT2D eigenvalue weighted by atomic mass is 28.4. The molecule has 0 saturated heterocycles. The maximum Gasteiger partial charge on any atom is 0.252 e. The lowest BCUT2D eigenvalue weighted by Gasteiger charge is -2.39. The van der Waals surface area contributed by atoms with E-state index in [2.05, 4.69) is 85.4 Å². The molecule has 1 aliphatic rings. The number of hydrogen-bond acceptors (Lipinski definition) is 1. The maximum atomic E-state index is 6.15. The van der Waals surface area contributed by atoms with Gasteiger partial charge in [-0.05, 0) is 33.6 Å². The van der Waals surface area contributed by atoms with Gasteiger partial charge in [-0.2, -0.15) is 0 Å². The Morgan fingerprint density at radius 3 is 1.70 bits per heavy atom. The van der Waals surface area contributed by atoms with E-state index in [9.17, 15) is 0 Å². The second-order valence-electron chi connectivity index (χ2n) is 6.26. The molecule has 0 atom stereocenters. The van der Waals surface area contributed by atoms with Crippen LogP contribution in [0.1, 0.15) is 22.6 Å². The summed E-state index contributed by atoms with van der Waals surface area (Å²) in [6.07, 6.45) is 0. The van der Waals surface area contributed by atoms with Gasteiger partial charge < -0.3 is 4.43 Å². The fraction of sp³-hybridized carbons (Fsp3) is 0.143. The van der Waals surface area contributed by atoms with Crippen molar-refractivity contribution in [3.8, 4) is 0 Å². The van der Waals surface area contributed by atoms with Crippen LogP contribution in [0, 0.1) is 0 Å². The van der Waals surface area contributed by atoms with Crippen LogP contribution in [-0.4, -0.2) is 15.4 Å². The fourth-order valence-corrected chi connectivity index (χ4v) is 7.02. The van der Waals surface area contributed by atoms with Gasteiger partial charge in [0.1, 0.15) is 0 Å². The van der Waals surface area contributed by atoms with E-state index in [1.807, 2.05) is 7.11 Å². The van der Waals surface area contributed by atoms with E-state index < -0.39 is 8.32 Å². The second kappa shape index (κ2) is 5.48. The van der Waals surface area contributed by atoms with Crippen LogP contribution in [0.3, 0.4) is 0 Å². The van der Waals surface area contributed by atoms with E-state index in [4.69, 9.17) is 4.43 Å². The summed E-state index contributed by atoms with van der Waals surface area (Å²) in [6.45, 7) is 2.31. The molecule has 1 heterocycles. The Morgan fingerprint density at radius 1 is 0.696 bits per heavy atom. The van der Waals surface area contributed by atoms with Crippen LogP contribution in [0.5, 0.6) is 0 Å². The number of fused-ring (bicyclic) bond motifs is 2. The summed E-state index contributed by atoms with van der Waals surface area (Å²) in [7, 11) is -0.263.